The van der Waals surface area contributed by atoms with Crippen molar-refractivity contribution in [1.29, 1.82) is 0 Å². The van der Waals surface area contributed by atoms with Gasteiger partial charge < -0.3 is 10.8 Å². The summed E-state index contributed by atoms with van der Waals surface area (Å²) in [4.78, 5) is 0.272. The van der Waals surface area contributed by atoms with E-state index in [9.17, 15) is 13.5 Å². The van der Waals surface area contributed by atoms with Gasteiger partial charge in [0, 0.05) is 20.1 Å². The Bertz CT molecular complexity index is 514. The van der Waals surface area contributed by atoms with Gasteiger partial charge in [0.1, 0.15) is 0 Å². The molecule has 1 atom stereocenters. The number of aliphatic hydroxyl groups excluding tert-OH is 1. The number of benzene rings is 1. The maximum Gasteiger partial charge on any atom is 0.243 e. The van der Waals surface area contributed by atoms with Gasteiger partial charge in [-0.3, -0.25) is 0 Å². The zero-order valence-corrected chi connectivity index (χ0v) is 11.7. The van der Waals surface area contributed by atoms with Crippen LogP contribution >= 0.6 is 0 Å². The highest BCUT2D eigenvalue weighted by Gasteiger charge is 2.24. The third-order valence-corrected chi connectivity index (χ3v) is 4.74. The molecule has 0 heterocycles. The van der Waals surface area contributed by atoms with Crippen molar-refractivity contribution in [2.45, 2.75) is 24.8 Å². The van der Waals surface area contributed by atoms with E-state index in [0.717, 1.165) is 9.87 Å². The molecule has 3 N–H and O–H groups in total. The zero-order valence-electron chi connectivity index (χ0n) is 10.9. The largest absolute Gasteiger partial charge is 0.390 e. The fourth-order valence-corrected chi connectivity index (χ4v) is 3.14. The topological polar surface area (TPSA) is 83.6 Å². The fraction of sp³-hybridized carbons (Fsp3) is 0.500. The summed E-state index contributed by atoms with van der Waals surface area (Å²) in [5, 5.41) is 9.43. The summed E-state index contributed by atoms with van der Waals surface area (Å²) in [6.45, 7) is 3.62. The second kappa shape index (κ2) is 5.79. The SMILES string of the molecule is Cc1ccc(C)c(S(=O)(=O)N(C)CC(O)CN)c1. The van der Waals surface area contributed by atoms with Gasteiger partial charge in [-0.05, 0) is 31.0 Å². The van der Waals surface area contributed by atoms with E-state index in [1.54, 1.807) is 19.1 Å². The average molecular weight is 272 g/mol. The van der Waals surface area contributed by atoms with Crippen LogP contribution in [0.4, 0.5) is 0 Å². The molecular weight excluding hydrogens is 252 g/mol. The van der Waals surface area contributed by atoms with Crippen molar-refractivity contribution in [2.24, 2.45) is 5.73 Å². The second-order valence-electron chi connectivity index (χ2n) is 4.44. The van der Waals surface area contributed by atoms with Crippen LogP contribution in [0.15, 0.2) is 23.1 Å². The number of aryl methyl sites for hydroxylation is 2. The molecule has 0 aromatic heterocycles. The second-order valence-corrected chi connectivity index (χ2v) is 6.46. The molecule has 0 bridgehead atoms. The molecule has 102 valence electrons. The van der Waals surface area contributed by atoms with Crippen molar-refractivity contribution in [3.63, 3.8) is 0 Å². The van der Waals surface area contributed by atoms with Gasteiger partial charge >= 0.3 is 0 Å². The zero-order chi connectivity index (χ0) is 13.9. The molecule has 0 radical (unpaired) electrons. The number of aliphatic hydroxyl groups is 1. The van der Waals surface area contributed by atoms with Crippen molar-refractivity contribution in [1.82, 2.24) is 4.31 Å². The van der Waals surface area contributed by atoms with Gasteiger partial charge in [-0.15, -0.1) is 0 Å². The Morgan fingerprint density at radius 2 is 2.00 bits per heavy atom. The van der Waals surface area contributed by atoms with Crippen LogP contribution in [0.3, 0.4) is 0 Å². The van der Waals surface area contributed by atoms with Gasteiger partial charge in [0.15, 0.2) is 0 Å². The standard InChI is InChI=1S/C12H20N2O3S/c1-9-4-5-10(2)12(6-9)18(16,17)14(3)8-11(15)7-13/h4-6,11,15H,7-8,13H2,1-3H3. The van der Waals surface area contributed by atoms with Gasteiger partial charge in [0.05, 0.1) is 11.0 Å². The van der Waals surface area contributed by atoms with Crippen LogP contribution in [0, 0.1) is 13.8 Å². The van der Waals surface area contributed by atoms with E-state index in [-0.39, 0.29) is 18.0 Å². The summed E-state index contributed by atoms with van der Waals surface area (Å²) in [5.41, 5.74) is 6.86. The number of rotatable bonds is 5. The predicted octanol–water partition coefficient (Wildman–Crippen LogP) is 0.244. The van der Waals surface area contributed by atoms with E-state index in [1.807, 2.05) is 13.0 Å². The van der Waals surface area contributed by atoms with Crippen LogP contribution in [0.1, 0.15) is 11.1 Å². The van der Waals surface area contributed by atoms with E-state index in [0.29, 0.717) is 5.56 Å². The Hall–Kier alpha value is -0.950. The lowest BCUT2D eigenvalue weighted by Gasteiger charge is -2.21. The summed E-state index contributed by atoms with van der Waals surface area (Å²) < 4.78 is 25.8. The molecule has 0 spiro atoms. The Labute approximate surface area is 108 Å². The normalized spacial score (nSPS) is 13.9. The lowest BCUT2D eigenvalue weighted by Crippen LogP contribution is -2.37. The van der Waals surface area contributed by atoms with Gasteiger partial charge in [-0.25, -0.2) is 8.42 Å². The minimum absolute atomic E-state index is 0.00772. The summed E-state index contributed by atoms with van der Waals surface area (Å²) in [7, 11) is -2.14. The molecule has 1 unspecified atom stereocenters. The van der Waals surface area contributed by atoms with Crippen LogP contribution < -0.4 is 5.73 Å². The Morgan fingerprint density at radius 1 is 1.39 bits per heavy atom. The Morgan fingerprint density at radius 3 is 2.56 bits per heavy atom. The van der Waals surface area contributed by atoms with Gasteiger partial charge in [-0.1, -0.05) is 12.1 Å². The molecule has 1 aromatic rings. The number of hydrogen-bond acceptors (Lipinski definition) is 4. The molecule has 1 rings (SSSR count). The molecular formula is C12H20N2O3S. The van der Waals surface area contributed by atoms with Crippen LogP contribution in [-0.4, -0.2) is 44.1 Å². The van der Waals surface area contributed by atoms with Gasteiger partial charge in [0.2, 0.25) is 10.0 Å². The van der Waals surface area contributed by atoms with Crippen molar-refractivity contribution in [2.75, 3.05) is 20.1 Å². The molecule has 0 fully saturated rings. The van der Waals surface area contributed by atoms with Crippen LogP contribution in [0.5, 0.6) is 0 Å². The number of hydrogen-bond donors (Lipinski definition) is 2. The van der Waals surface area contributed by atoms with Crippen molar-refractivity contribution >= 4 is 10.0 Å². The lowest BCUT2D eigenvalue weighted by atomic mass is 10.2. The first-order valence-corrected chi connectivity index (χ1v) is 7.14. The first-order valence-electron chi connectivity index (χ1n) is 5.70. The maximum absolute atomic E-state index is 12.3. The number of likely N-dealkylation sites (N-methyl/N-ethyl adjacent to an activating group) is 1. The molecule has 0 saturated carbocycles. The van der Waals surface area contributed by atoms with Crippen LogP contribution in [0.2, 0.25) is 0 Å². The summed E-state index contributed by atoms with van der Waals surface area (Å²) in [6, 6.07) is 5.27. The molecule has 0 aliphatic carbocycles. The van der Waals surface area contributed by atoms with E-state index >= 15 is 0 Å². The van der Waals surface area contributed by atoms with E-state index < -0.39 is 16.1 Å². The third kappa shape index (κ3) is 3.29. The Balaban J connectivity index is 3.09. The number of nitrogens with two attached hydrogens (primary N) is 1. The number of nitrogens with zero attached hydrogens (tertiary/aromatic N) is 1. The fourth-order valence-electron chi connectivity index (χ4n) is 1.62. The maximum atomic E-state index is 12.3. The first-order chi connectivity index (χ1) is 8.28. The predicted molar refractivity (Wildman–Crippen MR) is 70.8 cm³/mol. The number of sulfonamides is 1. The van der Waals surface area contributed by atoms with E-state index in [1.165, 1.54) is 7.05 Å². The molecule has 0 aliphatic rings. The average Bonchev–Trinajstić information content (AvgIpc) is 2.31. The molecule has 18 heavy (non-hydrogen) atoms. The highest BCUT2D eigenvalue weighted by molar-refractivity contribution is 7.89. The molecule has 0 aliphatic heterocycles. The molecule has 1 aromatic carbocycles. The Kier molecular flexibility index (Phi) is 4.86. The smallest absolute Gasteiger partial charge is 0.243 e. The van der Waals surface area contributed by atoms with E-state index in [2.05, 4.69) is 0 Å². The van der Waals surface area contributed by atoms with Crippen LogP contribution in [0.25, 0.3) is 0 Å². The van der Waals surface area contributed by atoms with E-state index in [4.69, 9.17) is 5.73 Å². The van der Waals surface area contributed by atoms with Crippen LogP contribution in [-0.2, 0) is 10.0 Å². The molecule has 5 nitrogen and oxygen atoms in total. The molecule has 6 heteroatoms. The first kappa shape index (κ1) is 15.1. The minimum atomic E-state index is -3.58. The van der Waals surface area contributed by atoms with Gasteiger partial charge in [0.25, 0.3) is 0 Å². The quantitative estimate of drug-likeness (QED) is 0.804. The van der Waals surface area contributed by atoms with Crippen molar-refractivity contribution in [3.8, 4) is 0 Å². The monoisotopic (exact) mass is 272 g/mol. The minimum Gasteiger partial charge on any atom is -0.390 e. The van der Waals surface area contributed by atoms with Crippen molar-refractivity contribution < 1.29 is 13.5 Å². The lowest BCUT2D eigenvalue weighted by molar-refractivity contribution is 0.160. The summed E-state index contributed by atoms with van der Waals surface area (Å²) in [6.07, 6.45) is -0.852. The highest BCUT2D eigenvalue weighted by atomic mass is 32.2. The summed E-state index contributed by atoms with van der Waals surface area (Å²) >= 11 is 0. The third-order valence-electron chi connectivity index (χ3n) is 2.77. The van der Waals surface area contributed by atoms with Gasteiger partial charge in [-0.2, -0.15) is 4.31 Å². The molecule has 0 amide bonds. The van der Waals surface area contributed by atoms with Crippen molar-refractivity contribution in [3.05, 3.63) is 29.3 Å². The highest BCUT2D eigenvalue weighted by Crippen LogP contribution is 2.20. The summed E-state index contributed by atoms with van der Waals surface area (Å²) in [5.74, 6) is 0. The molecule has 0 saturated heterocycles.